The lowest BCUT2D eigenvalue weighted by molar-refractivity contribution is 0.207. The maximum Gasteiger partial charge on any atom is 0.331 e. The summed E-state index contributed by atoms with van der Waals surface area (Å²) in [7, 11) is 0. The van der Waals surface area contributed by atoms with E-state index in [4.69, 9.17) is 0 Å². The average Bonchev–Trinajstić information content (AvgIpc) is 2.68. The fraction of sp³-hybridized carbons (Fsp3) is 0.300. The van der Waals surface area contributed by atoms with Crippen LogP contribution < -0.4 is 10.6 Å². The highest BCUT2D eigenvalue weighted by Crippen LogP contribution is 2.10. The van der Waals surface area contributed by atoms with Gasteiger partial charge in [0.25, 0.3) is 0 Å². The number of urea groups is 2. The summed E-state index contributed by atoms with van der Waals surface area (Å²) in [5, 5.41) is 5.15. The number of aromatic nitrogens is 1. The predicted octanol–water partition coefficient (Wildman–Crippen LogP) is 0.947. The van der Waals surface area contributed by atoms with Crippen molar-refractivity contribution < 1.29 is 9.59 Å². The summed E-state index contributed by atoms with van der Waals surface area (Å²) in [6.07, 6.45) is 1.59. The monoisotopic (exact) mass is 220 g/mol. The smallest absolute Gasteiger partial charge is 0.331 e. The van der Waals surface area contributed by atoms with Gasteiger partial charge >= 0.3 is 12.1 Å². The van der Waals surface area contributed by atoms with Gasteiger partial charge in [0.1, 0.15) is 5.82 Å². The Morgan fingerprint density at radius 2 is 2.44 bits per heavy atom. The zero-order valence-electron chi connectivity index (χ0n) is 8.86. The van der Waals surface area contributed by atoms with Crippen LogP contribution in [0.3, 0.4) is 0 Å². The number of hydrogen-bond donors (Lipinski definition) is 2. The van der Waals surface area contributed by atoms with Crippen molar-refractivity contribution in [3.8, 4) is 0 Å². The quantitative estimate of drug-likeness (QED) is 0.739. The molecule has 0 spiro atoms. The number of nitrogens with one attached hydrogen (secondary N) is 2. The zero-order valence-corrected chi connectivity index (χ0v) is 8.86. The second kappa shape index (κ2) is 4.18. The summed E-state index contributed by atoms with van der Waals surface area (Å²) in [4.78, 5) is 28.1. The van der Waals surface area contributed by atoms with Crippen LogP contribution in [-0.2, 0) is 0 Å². The van der Waals surface area contributed by atoms with E-state index in [0.29, 0.717) is 18.9 Å². The molecule has 1 aromatic heterocycles. The summed E-state index contributed by atoms with van der Waals surface area (Å²) >= 11 is 0. The van der Waals surface area contributed by atoms with E-state index in [1.807, 2.05) is 13.0 Å². The summed E-state index contributed by atoms with van der Waals surface area (Å²) in [5.41, 5.74) is 0.857. The van der Waals surface area contributed by atoms with Crippen LogP contribution in [0.4, 0.5) is 15.4 Å². The Balaban J connectivity index is 2.08. The summed E-state index contributed by atoms with van der Waals surface area (Å²) in [6.45, 7) is 2.72. The molecule has 1 aliphatic heterocycles. The van der Waals surface area contributed by atoms with Crippen molar-refractivity contribution in [2.24, 2.45) is 0 Å². The highest BCUT2D eigenvalue weighted by atomic mass is 16.2. The van der Waals surface area contributed by atoms with Gasteiger partial charge < -0.3 is 5.32 Å². The number of aryl methyl sites for hydroxylation is 1. The minimum Gasteiger partial charge on any atom is -0.336 e. The van der Waals surface area contributed by atoms with E-state index < -0.39 is 6.03 Å². The molecule has 1 aromatic rings. The number of anilines is 1. The molecule has 0 atom stereocenters. The number of nitrogens with zero attached hydrogens (tertiary/aromatic N) is 2. The Labute approximate surface area is 92.7 Å². The maximum absolute atomic E-state index is 11.7. The first-order chi connectivity index (χ1) is 7.68. The Hall–Kier alpha value is -2.11. The van der Waals surface area contributed by atoms with Crippen molar-refractivity contribution in [1.82, 2.24) is 15.2 Å². The van der Waals surface area contributed by atoms with Gasteiger partial charge in [-0.25, -0.2) is 19.5 Å². The molecule has 0 aliphatic carbocycles. The first kappa shape index (κ1) is 10.4. The van der Waals surface area contributed by atoms with Crippen molar-refractivity contribution in [1.29, 1.82) is 0 Å². The van der Waals surface area contributed by atoms with Crippen molar-refractivity contribution in [2.75, 3.05) is 18.4 Å². The first-order valence-electron chi connectivity index (χ1n) is 4.96. The number of pyridine rings is 1. The molecule has 0 bridgehead atoms. The van der Waals surface area contributed by atoms with E-state index in [-0.39, 0.29) is 6.03 Å². The van der Waals surface area contributed by atoms with Crippen LogP contribution in [0.25, 0.3) is 0 Å². The molecule has 1 saturated heterocycles. The number of amides is 4. The molecule has 6 nitrogen and oxygen atoms in total. The molecule has 84 valence electrons. The van der Waals surface area contributed by atoms with Gasteiger partial charge in [0.05, 0.1) is 0 Å². The standard InChI is InChI=1S/C10H12N4O2/c1-7-3-2-4-11-8(7)13-10(16)14-6-5-12-9(14)15/h2-4H,5-6H2,1H3,(H,12,15)(H,11,13,16). The van der Waals surface area contributed by atoms with Crippen molar-refractivity contribution in [3.63, 3.8) is 0 Å². The molecular weight excluding hydrogens is 208 g/mol. The van der Waals surface area contributed by atoms with Gasteiger partial charge in [-0.3, -0.25) is 5.32 Å². The van der Waals surface area contributed by atoms with Crippen LogP contribution in [-0.4, -0.2) is 35.0 Å². The third-order valence-corrected chi connectivity index (χ3v) is 2.34. The minimum absolute atomic E-state index is 0.369. The molecular formula is C10H12N4O2. The summed E-state index contributed by atoms with van der Waals surface area (Å²) in [5.74, 6) is 0.479. The Bertz CT molecular complexity index is 433. The van der Waals surface area contributed by atoms with Crippen molar-refractivity contribution in [3.05, 3.63) is 23.9 Å². The average molecular weight is 220 g/mol. The molecule has 1 fully saturated rings. The SMILES string of the molecule is Cc1cccnc1NC(=O)N1CCNC1=O. The van der Waals surface area contributed by atoms with Crippen molar-refractivity contribution in [2.45, 2.75) is 6.92 Å². The number of hydrogen-bond acceptors (Lipinski definition) is 3. The zero-order chi connectivity index (χ0) is 11.5. The van der Waals surface area contributed by atoms with Gasteiger partial charge in [0.2, 0.25) is 0 Å². The number of carbonyl (C=O) groups is 2. The second-order valence-corrected chi connectivity index (χ2v) is 3.48. The van der Waals surface area contributed by atoms with Crippen LogP contribution >= 0.6 is 0 Å². The molecule has 2 rings (SSSR count). The highest BCUT2D eigenvalue weighted by molar-refractivity contribution is 6.01. The Kier molecular flexibility index (Phi) is 2.72. The number of rotatable bonds is 1. The van der Waals surface area contributed by atoms with E-state index in [1.165, 1.54) is 0 Å². The third kappa shape index (κ3) is 1.95. The Morgan fingerprint density at radius 3 is 3.06 bits per heavy atom. The second-order valence-electron chi connectivity index (χ2n) is 3.48. The highest BCUT2D eigenvalue weighted by Gasteiger charge is 2.26. The summed E-state index contributed by atoms with van der Waals surface area (Å²) in [6, 6.07) is 2.81. The number of imide groups is 1. The molecule has 6 heteroatoms. The van der Waals surface area contributed by atoms with E-state index in [2.05, 4.69) is 15.6 Å². The van der Waals surface area contributed by atoms with E-state index >= 15 is 0 Å². The molecule has 0 saturated carbocycles. The van der Waals surface area contributed by atoms with Gasteiger partial charge in [-0.15, -0.1) is 0 Å². The third-order valence-electron chi connectivity index (χ3n) is 2.34. The van der Waals surface area contributed by atoms with Crippen molar-refractivity contribution >= 4 is 17.9 Å². The topological polar surface area (TPSA) is 74.3 Å². The molecule has 1 aliphatic rings. The lowest BCUT2D eigenvalue weighted by Gasteiger charge is -2.13. The molecule has 2 heterocycles. The van der Waals surface area contributed by atoms with Gasteiger partial charge in [-0.1, -0.05) is 6.07 Å². The molecule has 4 amide bonds. The fourth-order valence-corrected chi connectivity index (χ4v) is 1.45. The van der Waals surface area contributed by atoms with E-state index in [0.717, 1.165) is 10.5 Å². The Morgan fingerprint density at radius 1 is 1.62 bits per heavy atom. The molecule has 0 aromatic carbocycles. The molecule has 0 unspecified atom stereocenters. The van der Waals surface area contributed by atoms with Gasteiger partial charge in [-0.2, -0.15) is 0 Å². The summed E-state index contributed by atoms with van der Waals surface area (Å²) < 4.78 is 0. The van der Waals surface area contributed by atoms with E-state index in [1.54, 1.807) is 12.3 Å². The number of carbonyl (C=O) groups excluding carboxylic acids is 2. The normalized spacial score (nSPS) is 14.8. The van der Waals surface area contributed by atoms with Gasteiger partial charge in [-0.05, 0) is 18.6 Å². The van der Waals surface area contributed by atoms with Gasteiger partial charge in [0.15, 0.2) is 0 Å². The molecule has 2 N–H and O–H groups in total. The van der Waals surface area contributed by atoms with Crippen LogP contribution in [0.15, 0.2) is 18.3 Å². The minimum atomic E-state index is -0.447. The van der Waals surface area contributed by atoms with Crippen LogP contribution in [0.1, 0.15) is 5.56 Å². The lowest BCUT2D eigenvalue weighted by Crippen LogP contribution is -2.37. The van der Waals surface area contributed by atoms with Gasteiger partial charge in [0, 0.05) is 19.3 Å². The maximum atomic E-state index is 11.7. The molecule has 16 heavy (non-hydrogen) atoms. The molecule has 0 radical (unpaired) electrons. The van der Waals surface area contributed by atoms with Crippen LogP contribution in [0.5, 0.6) is 0 Å². The largest absolute Gasteiger partial charge is 0.336 e. The van der Waals surface area contributed by atoms with Crippen LogP contribution in [0, 0.1) is 6.92 Å². The fourth-order valence-electron chi connectivity index (χ4n) is 1.45. The lowest BCUT2D eigenvalue weighted by atomic mass is 10.3. The predicted molar refractivity (Wildman–Crippen MR) is 58.1 cm³/mol. The van der Waals surface area contributed by atoms with E-state index in [9.17, 15) is 9.59 Å². The first-order valence-corrected chi connectivity index (χ1v) is 4.96. The van der Waals surface area contributed by atoms with Crippen LogP contribution in [0.2, 0.25) is 0 Å².